The molecule has 1 amide bonds. The average molecular weight is 397 g/mol. The number of benzene rings is 2. The summed E-state index contributed by atoms with van der Waals surface area (Å²) in [6.45, 7) is 2.05. The number of aromatic nitrogens is 3. The molecule has 0 unspecified atom stereocenters. The smallest absolute Gasteiger partial charge is 0.338 e. The number of nitrogens with one attached hydrogen (secondary N) is 2. The lowest BCUT2D eigenvalue weighted by atomic mass is 10.1. The van der Waals surface area contributed by atoms with Gasteiger partial charge in [0.25, 0.3) is 0 Å². The van der Waals surface area contributed by atoms with Gasteiger partial charge in [-0.25, -0.2) is 9.89 Å². The summed E-state index contributed by atoms with van der Waals surface area (Å²) >= 11 is 1.19. The molecule has 0 aliphatic rings. The van der Waals surface area contributed by atoms with Gasteiger partial charge in [0.1, 0.15) is 5.25 Å². The third kappa shape index (κ3) is 4.89. The molecular formula is C19H19N5O3S. The molecule has 0 fully saturated rings. The number of ether oxygens (including phenoxy) is 1. The van der Waals surface area contributed by atoms with Gasteiger partial charge in [-0.15, -0.1) is 5.10 Å². The van der Waals surface area contributed by atoms with Crippen LogP contribution >= 0.6 is 11.8 Å². The SMILES string of the molecule is CCOC(=O)c1ccc(NC(=O)[C@H](Sc2n[nH]c(N)n2)c2ccccc2)cc1. The molecule has 3 rings (SSSR count). The highest BCUT2D eigenvalue weighted by molar-refractivity contribution is 8.00. The number of amides is 1. The molecule has 9 heteroatoms. The third-order valence-electron chi connectivity index (χ3n) is 3.71. The summed E-state index contributed by atoms with van der Waals surface area (Å²) in [7, 11) is 0. The summed E-state index contributed by atoms with van der Waals surface area (Å²) in [6.07, 6.45) is 0. The van der Waals surface area contributed by atoms with Crippen LogP contribution in [-0.2, 0) is 9.53 Å². The first-order chi connectivity index (χ1) is 13.6. The molecule has 0 aliphatic carbocycles. The maximum atomic E-state index is 12.9. The van der Waals surface area contributed by atoms with Crippen molar-refractivity contribution in [3.8, 4) is 0 Å². The van der Waals surface area contributed by atoms with E-state index in [2.05, 4.69) is 20.5 Å². The second-order valence-electron chi connectivity index (χ2n) is 5.70. The topological polar surface area (TPSA) is 123 Å². The molecular weight excluding hydrogens is 378 g/mol. The van der Waals surface area contributed by atoms with Gasteiger partial charge in [0.05, 0.1) is 12.2 Å². The van der Waals surface area contributed by atoms with E-state index in [1.54, 1.807) is 31.2 Å². The zero-order valence-electron chi connectivity index (χ0n) is 15.1. The minimum absolute atomic E-state index is 0.185. The fourth-order valence-electron chi connectivity index (χ4n) is 2.43. The quantitative estimate of drug-likeness (QED) is 0.413. The molecule has 3 aromatic rings. The van der Waals surface area contributed by atoms with Crippen LogP contribution in [0.1, 0.15) is 28.1 Å². The molecule has 0 bridgehead atoms. The zero-order chi connectivity index (χ0) is 19.9. The number of carbonyl (C=O) groups excluding carboxylic acids is 2. The van der Waals surface area contributed by atoms with Crippen molar-refractivity contribution in [2.24, 2.45) is 0 Å². The number of thioether (sulfide) groups is 1. The number of nitrogens with zero attached hydrogens (tertiary/aromatic N) is 2. The minimum atomic E-state index is -0.582. The van der Waals surface area contributed by atoms with Crippen LogP contribution in [0, 0.1) is 0 Å². The van der Waals surface area contributed by atoms with E-state index >= 15 is 0 Å². The van der Waals surface area contributed by atoms with E-state index in [1.807, 2.05) is 30.3 Å². The largest absolute Gasteiger partial charge is 0.462 e. The van der Waals surface area contributed by atoms with Gasteiger partial charge in [-0.05, 0) is 36.8 Å². The molecule has 4 N–H and O–H groups in total. The van der Waals surface area contributed by atoms with Crippen molar-refractivity contribution in [2.45, 2.75) is 17.3 Å². The van der Waals surface area contributed by atoms with Gasteiger partial charge in [0.2, 0.25) is 17.0 Å². The van der Waals surface area contributed by atoms with E-state index in [1.165, 1.54) is 11.8 Å². The van der Waals surface area contributed by atoms with E-state index in [-0.39, 0.29) is 11.9 Å². The second-order valence-corrected chi connectivity index (χ2v) is 6.77. The van der Waals surface area contributed by atoms with E-state index < -0.39 is 11.2 Å². The van der Waals surface area contributed by atoms with Gasteiger partial charge < -0.3 is 15.8 Å². The monoisotopic (exact) mass is 397 g/mol. The Kier molecular flexibility index (Phi) is 6.28. The number of carbonyl (C=O) groups is 2. The first kappa shape index (κ1) is 19.4. The van der Waals surface area contributed by atoms with Crippen LogP contribution in [0.3, 0.4) is 0 Å². The predicted octanol–water partition coefficient (Wildman–Crippen LogP) is 3.04. The van der Waals surface area contributed by atoms with Gasteiger partial charge in [-0.2, -0.15) is 4.98 Å². The number of hydrogen-bond donors (Lipinski definition) is 3. The summed E-state index contributed by atoms with van der Waals surface area (Å²) in [5, 5.41) is 9.20. The predicted molar refractivity (Wildman–Crippen MR) is 107 cm³/mol. The van der Waals surface area contributed by atoms with Gasteiger partial charge in [0, 0.05) is 5.69 Å². The number of hydrogen-bond acceptors (Lipinski definition) is 7. The normalized spacial score (nSPS) is 11.6. The van der Waals surface area contributed by atoms with Gasteiger partial charge >= 0.3 is 5.97 Å². The fourth-order valence-corrected chi connectivity index (χ4v) is 3.35. The summed E-state index contributed by atoms with van der Waals surface area (Å²) in [5.74, 6) is -0.465. The number of rotatable bonds is 7. The van der Waals surface area contributed by atoms with E-state index in [4.69, 9.17) is 10.5 Å². The lowest BCUT2D eigenvalue weighted by Gasteiger charge is -2.15. The van der Waals surface area contributed by atoms with Crippen LogP contribution in [0.5, 0.6) is 0 Å². The maximum Gasteiger partial charge on any atom is 0.338 e. The summed E-state index contributed by atoms with van der Waals surface area (Å²) in [6, 6.07) is 15.8. The summed E-state index contributed by atoms with van der Waals surface area (Å²) in [4.78, 5) is 28.7. The molecule has 0 spiro atoms. The Morgan fingerprint density at radius 3 is 2.50 bits per heavy atom. The highest BCUT2D eigenvalue weighted by atomic mass is 32.2. The Balaban J connectivity index is 1.76. The van der Waals surface area contributed by atoms with Gasteiger partial charge in [-0.1, -0.05) is 42.1 Å². The molecule has 0 saturated carbocycles. The number of anilines is 2. The number of nitrogen functional groups attached to an aromatic ring is 1. The fraction of sp³-hybridized carbons (Fsp3) is 0.158. The molecule has 1 heterocycles. The van der Waals surface area contributed by atoms with Crippen LogP contribution in [0.25, 0.3) is 0 Å². The first-order valence-electron chi connectivity index (χ1n) is 8.54. The van der Waals surface area contributed by atoms with Crippen molar-refractivity contribution >= 4 is 35.3 Å². The zero-order valence-corrected chi connectivity index (χ0v) is 15.9. The number of aromatic amines is 1. The minimum Gasteiger partial charge on any atom is -0.462 e. The third-order valence-corrected chi connectivity index (χ3v) is 4.82. The van der Waals surface area contributed by atoms with Crippen LogP contribution in [-0.4, -0.2) is 33.7 Å². The summed E-state index contributed by atoms with van der Waals surface area (Å²) in [5.41, 5.74) is 7.36. The molecule has 144 valence electrons. The molecule has 28 heavy (non-hydrogen) atoms. The highest BCUT2D eigenvalue weighted by Crippen LogP contribution is 2.34. The molecule has 0 saturated heterocycles. The Morgan fingerprint density at radius 1 is 1.18 bits per heavy atom. The number of H-pyrrole nitrogens is 1. The van der Waals surface area contributed by atoms with Gasteiger partial charge in [-0.3, -0.25) is 4.79 Å². The Morgan fingerprint density at radius 2 is 1.89 bits per heavy atom. The average Bonchev–Trinajstić information content (AvgIpc) is 3.12. The lowest BCUT2D eigenvalue weighted by molar-refractivity contribution is -0.115. The van der Waals surface area contributed by atoms with Crippen molar-refractivity contribution in [1.82, 2.24) is 15.2 Å². The molecule has 0 radical (unpaired) electrons. The Labute approximate surface area is 165 Å². The summed E-state index contributed by atoms with van der Waals surface area (Å²) < 4.78 is 4.96. The molecule has 1 aromatic heterocycles. The van der Waals surface area contributed by atoms with E-state index in [9.17, 15) is 9.59 Å². The van der Waals surface area contributed by atoms with E-state index in [0.717, 1.165) is 5.56 Å². The van der Waals surface area contributed by atoms with Crippen molar-refractivity contribution in [2.75, 3.05) is 17.7 Å². The van der Waals surface area contributed by atoms with Crippen molar-refractivity contribution < 1.29 is 14.3 Å². The Bertz CT molecular complexity index is 944. The van der Waals surface area contributed by atoms with Crippen LogP contribution in [0.2, 0.25) is 0 Å². The number of esters is 1. The lowest BCUT2D eigenvalue weighted by Crippen LogP contribution is -2.19. The molecule has 0 aliphatic heterocycles. The van der Waals surface area contributed by atoms with Crippen LogP contribution in [0.15, 0.2) is 59.8 Å². The number of nitrogens with two attached hydrogens (primary N) is 1. The Hall–Kier alpha value is -3.33. The standard InChI is InChI=1S/C19H19N5O3S/c1-2-27-17(26)13-8-10-14(11-9-13)21-16(25)15(12-6-4-3-5-7-12)28-19-22-18(20)23-24-19/h3-11,15H,2H2,1H3,(H,21,25)(H3,20,22,23,24)/t15-/m1/s1. The van der Waals surface area contributed by atoms with Crippen molar-refractivity contribution in [3.63, 3.8) is 0 Å². The second kappa shape index (κ2) is 9.05. The molecule has 1 atom stereocenters. The van der Waals surface area contributed by atoms with Gasteiger partial charge in [0.15, 0.2) is 0 Å². The van der Waals surface area contributed by atoms with E-state index in [0.29, 0.717) is 23.0 Å². The first-order valence-corrected chi connectivity index (χ1v) is 9.42. The highest BCUT2D eigenvalue weighted by Gasteiger charge is 2.24. The maximum absolute atomic E-state index is 12.9. The van der Waals surface area contributed by atoms with Crippen LogP contribution < -0.4 is 11.1 Å². The molecule has 2 aromatic carbocycles. The van der Waals surface area contributed by atoms with Crippen molar-refractivity contribution in [1.29, 1.82) is 0 Å². The molecule has 8 nitrogen and oxygen atoms in total. The van der Waals surface area contributed by atoms with Crippen LogP contribution in [0.4, 0.5) is 11.6 Å². The van der Waals surface area contributed by atoms with Crippen molar-refractivity contribution in [3.05, 3.63) is 65.7 Å².